The molecule has 116 valence electrons. The van der Waals surface area contributed by atoms with Gasteiger partial charge in [0.05, 0.1) is 0 Å². The Kier molecular flexibility index (Phi) is 3.93. The van der Waals surface area contributed by atoms with Crippen LogP contribution in [0.15, 0.2) is 55.0 Å². The van der Waals surface area contributed by atoms with Crippen LogP contribution in [-0.2, 0) is 6.54 Å². The second kappa shape index (κ2) is 6.04. The van der Waals surface area contributed by atoms with Crippen molar-refractivity contribution in [3.05, 3.63) is 66.5 Å². The number of carbonyl (C=O) groups is 1. The van der Waals surface area contributed by atoms with E-state index in [1.54, 1.807) is 24.5 Å². The summed E-state index contributed by atoms with van der Waals surface area (Å²) in [4.78, 5) is 16.0. The van der Waals surface area contributed by atoms with Crippen molar-refractivity contribution < 1.29 is 9.18 Å². The molecule has 3 aromatic rings. The zero-order valence-corrected chi connectivity index (χ0v) is 12.7. The third-order valence-corrected chi connectivity index (χ3v) is 3.78. The van der Waals surface area contributed by atoms with Gasteiger partial charge in [-0.15, -0.1) is 0 Å². The van der Waals surface area contributed by atoms with Gasteiger partial charge in [0.15, 0.2) is 0 Å². The summed E-state index contributed by atoms with van der Waals surface area (Å²) < 4.78 is 15.0. The molecule has 0 saturated heterocycles. The van der Waals surface area contributed by atoms with Crippen LogP contribution in [0.5, 0.6) is 0 Å². The lowest BCUT2D eigenvalue weighted by Gasteiger charge is -2.08. The fourth-order valence-electron chi connectivity index (χ4n) is 2.73. The molecule has 23 heavy (non-hydrogen) atoms. The van der Waals surface area contributed by atoms with Crippen molar-refractivity contribution in [3.63, 3.8) is 0 Å². The van der Waals surface area contributed by atoms with Gasteiger partial charge in [-0.1, -0.05) is 12.1 Å². The smallest absolute Gasteiger partial charge is 0.265 e. The number of halogens is 1. The van der Waals surface area contributed by atoms with E-state index in [2.05, 4.69) is 4.98 Å². The number of aromatic nitrogens is 2. The van der Waals surface area contributed by atoms with Crippen LogP contribution in [0.25, 0.3) is 22.3 Å². The minimum Gasteiger partial charge on any atom is -0.364 e. The van der Waals surface area contributed by atoms with Crippen LogP contribution in [0.2, 0.25) is 0 Å². The van der Waals surface area contributed by atoms with Crippen molar-refractivity contribution in [2.24, 2.45) is 5.73 Å². The van der Waals surface area contributed by atoms with Crippen molar-refractivity contribution in [1.29, 1.82) is 0 Å². The second-order valence-corrected chi connectivity index (χ2v) is 5.16. The van der Waals surface area contributed by atoms with E-state index >= 15 is 0 Å². The summed E-state index contributed by atoms with van der Waals surface area (Å²) >= 11 is 0. The zero-order chi connectivity index (χ0) is 16.4. The summed E-state index contributed by atoms with van der Waals surface area (Å²) in [5.74, 6) is -0.795. The van der Waals surface area contributed by atoms with Crippen LogP contribution < -0.4 is 5.73 Å². The van der Waals surface area contributed by atoms with Crippen LogP contribution in [0, 0.1) is 5.82 Å². The summed E-state index contributed by atoms with van der Waals surface area (Å²) in [6.45, 7) is 2.55. The summed E-state index contributed by atoms with van der Waals surface area (Å²) in [6, 6.07) is 9.85. The van der Waals surface area contributed by atoms with Crippen LogP contribution in [0.4, 0.5) is 4.39 Å². The number of primary amides is 1. The average molecular weight is 309 g/mol. The predicted molar refractivity (Wildman–Crippen MR) is 87.2 cm³/mol. The third kappa shape index (κ3) is 2.73. The molecule has 0 bridgehead atoms. The lowest BCUT2D eigenvalue weighted by Crippen LogP contribution is -2.17. The number of nitrogens with two attached hydrogens (primary N) is 1. The Morgan fingerprint density at radius 1 is 1.13 bits per heavy atom. The average Bonchev–Trinajstić information content (AvgIpc) is 2.96. The lowest BCUT2D eigenvalue weighted by molar-refractivity contribution is 0.0992. The number of hydrogen-bond donors (Lipinski definition) is 1. The van der Waals surface area contributed by atoms with Gasteiger partial charge in [-0.3, -0.25) is 9.78 Å². The standard InChI is InChI=1S/C18H16FN3O/c1-2-22-11-15(12-3-5-14(19)6-4-12)16(17(22)18(20)23)13-7-9-21-10-8-13/h3-11H,2H2,1H3,(H2,20,23). The van der Waals surface area contributed by atoms with Crippen LogP contribution >= 0.6 is 0 Å². The van der Waals surface area contributed by atoms with E-state index in [9.17, 15) is 9.18 Å². The first-order valence-corrected chi connectivity index (χ1v) is 7.31. The van der Waals surface area contributed by atoms with Gasteiger partial charge in [-0.25, -0.2) is 4.39 Å². The molecule has 0 aliphatic rings. The highest BCUT2D eigenvalue weighted by Crippen LogP contribution is 2.36. The Balaban J connectivity index is 2.31. The summed E-state index contributed by atoms with van der Waals surface area (Å²) in [5, 5.41) is 0. The number of rotatable bonds is 4. The molecule has 0 spiro atoms. The molecule has 2 aromatic heterocycles. The first kappa shape index (κ1) is 15.0. The SMILES string of the molecule is CCn1cc(-c2ccc(F)cc2)c(-c2ccncc2)c1C(N)=O. The number of pyridine rings is 1. The molecule has 1 aromatic carbocycles. The molecule has 2 N–H and O–H groups in total. The van der Waals surface area contributed by atoms with Crippen LogP contribution in [-0.4, -0.2) is 15.5 Å². The minimum atomic E-state index is -0.493. The highest BCUT2D eigenvalue weighted by molar-refractivity contribution is 6.03. The Morgan fingerprint density at radius 2 is 1.78 bits per heavy atom. The normalized spacial score (nSPS) is 10.7. The number of benzene rings is 1. The molecule has 2 heterocycles. The van der Waals surface area contributed by atoms with Gasteiger partial charge in [0.25, 0.3) is 5.91 Å². The molecule has 0 aliphatic carbocycles. The van der Waals surface area contributed by atoms with Gasteiger partial charge in [0.2, 0.25) is 0 Å². The predicted octanol–water partition coefficient (Wildman–Crippen LogP) is 3.48. The van der Waals surface area contributed by atoms with E-state index in [1.165, 1.54) is 12.1 Å². The summed E-state index contributed by atoms with van der Waals surface area (Å²) in [7, 11) is 0. The highest BCUT2D eigenvalue weighted by Gasteiger charge is 2.21. The quantitative estimate of drug-likeness (QED) is 0.802. The molecule has 1 amide bonds. The molecule has 0 unspecified atom stereocenters. The fourth-order valence-corrected chi connectivity index (χ4v) is 2.73. The maximum absolute atomic E-state index is 13.2. The van der Waals surface area contributed by atoms with Crippen molar-refractivity contribution in [2.45, 2.75) is 13.5 Å². The van der Waals surface area contributed by atoms with E-state index in [0.717, 1.165) is 22.3 Å². The largest absolute Gasteiger partial charge is 0.364 e. The van der Waals surface area contributed by atoms with E-state index in [1.807, 2.05) is 29.8 Å². The van der Waals surface area contributed by atoms with E-state index in [-0.39, 0.29) is 5.82 Å². The Morgan fingerprint density at radius 3 is 2.35 bits per heavy atom. The molecule has 3 rings (SSSR count). The fraction of sp³-hybridized carbons (Fsp3) is 0.111. The molecular formula is C18H16FN3O. The van der Waals surface area contributed by atoms with E-state index in [0.29, 0.717) is 12.2 Å². The molecule has 0 saturated carbocycles. The number of hydrogen-bond acceptors (Lipinski definition) is 2. The lowest BCUT2D eigenvalue weighted by atomic mass is 9.97. The molecule has 0 aliphatic heterocycles. The number of aryl methyl sites for hydroxylation is 1. The Hall–Kier alpha value is -2.95. The van der Waals surface area contributed by atoms with E-state index < -0.39 is 5.91 Å². The second-order valence-electron chi connectivity index (χ2n) is 5.16. The molecule has 0 radical (unpaired) electrons. The topological polar surface area (TPSA) is 60.9 Å². The van der Waals surface area contributed by atoms with Gasteiger partial charge in [0, 0.05) is 36.3 Å². The molecule has 4 nitrogen and oxygen atoms in total. The van der Waals surface area contributed by atoms with Crippen molar-refractivity contribution >= 4 is 5.91 Å². The number of amides is 1. The van der Waals surface area contributed by atoms with Crippen molar-refractivity contribution in [3.8, 4) is 22.3 Å². The monoisotopic (exact) mass is 309 g/mol. The Bertz CT molecular complexity index is 839. The van der Waals surface area contributed by atoms with Gasteiger partial charge in [0.1, 0.15) is 11.5 Å². The van der Waals surface area contributed by atoms with Gasteiger partial charge >= 0.3 is 0 Å². The first-order chi connectivity index (χ1) is 11.1. The Labute approximate surface area is 133 Å². The van der Waals surface area contributed by atoms with Crippen LogP contribution in [0.1, 0.15) is 17.4 Å². The van der Waals surface area contributed by atoms with Crippen LogP contribution in [0.3, 0.4) is 0 Å². The minimum absolute atomic E-state index is 0.302. The van der Waals surface area contributed by atoms with Gasteiger partial charge in [-0.2, -0.15) is 0 Å². The van der Waals surface area contributed by atoms with Crippen molar-refractivity contribution in [1.82, 2.24) is 9.55 Å². The molecule has 0 fully saturated rings. The number of nitrogens with zero attached hydrogens (tertiary/aromatic N) is 2. The maximum Gasteiger partial charge on any atom is 0.265 e. The van der Waals surface area contributed by atoms with Gasteiger partial charge in [-0.05, 0) is 42.3 Å². The summed E-state index contributed by atoms with van der Waals surface area (Å²) in [5.41, 5.74) is 9.31. The molecule has 0 atom stereocenters. The number of carbonyl (C=O) groups excluding carboxylic acids is 1. The van der Waals surface area contributed by atoms with E-state index in [4.69, 9.17) is 5.73 Å². The molecular weight excluding hydrogens is 293 g/mol. The summed E-state index contributed by atoms with van der Waals surface area (Å²) in [6.07, 6.45) is 5.21. The highest BCUT2D eigenvalue weighted by atomic mass is 19.1. The van der Waals surface area contributed by atoms with Crippen molar-refractivity contribution in [2.75, 3.05) is 0 Å². The zero-order valence-electron chi connectivity index (χ0n) is 12.7. The molecule has 5 heteroatoms. The first-order valence-electron chi connectivity index (χ1n) is 7.31. The maximum atomic E-state index is 13.2. The van der Waals surface area contributed by atoms with Gasteiger partial charge < -0.3 is 10.3 Å². The third-order valence-electron chi connectivity index (χ3n) is 3.78.